The molecule has 0 radical (unpaired) electrons. The van der Waals surface area contributed by atoms with Crippen LogP contribution in [0.4, 0.5) is 0 Å². The van der Waals surface area contributed by atoms with Crippen LogP contribution in [0.1, 0.15) is 54.7 Å². The van der Waals surface area contributed by atoms with Crippen LogP contribution in [0.5, 0.6) is 0 Å². The molecule has 0 bridgehead atoms. The Morgan fingerprint density at radius 3 is 2.65 bits per heavy atom. The van der Waals surface area contributed by atoms with Gasteiger partial charge in [-0.1, -0.05) is 6.92 Å². The van der Waals surface area contributed by atoms with E-state index in [4.69, 9.17) is 0 Å². The Morgan fingerprint density at radius 1 is 1.30 bits per heavy atom. The molecule has 1 unspecified atom stereocenters. The van der Waals surface area contributed by atoms with Crippen LogP contribution in [0.3, 0.4) is 0 Å². The number of nitrogens with one attached hydrogen (secondary N) is 1. The van der Waals surface area contributed by atoms with E-state index < -0.39 is 0 Å². The molecule has 20 heavy (non-hydrogen) atoms. The highest BCUT2D eigenvalue weighted by Crippen LogP contribution is 2.25. The Balaban J connectivity index is 2.10. The van der Waals surface area contributed by atoms with Crippen molar-refractivity contribution >= 4 is 11.3 Å². The standard InChI is InChI=1S/C16H25N3S/c1-5-9-17-15(16-7-6-13(4)20-16)11-14-8-10-19(18-14)12(2)3/h6-8,10,12,15,17H,5,9,11H2,1-4H3. The maximum atomic E-state index is 4.67. The summed E-state index contributed by atoms with van der Waals surface area (Å²) in [4.78, 5) is 2.78. The van der Waals surface area contributed by atoms with E-state index in [0.29, 0.717) is 12.1 Å². The van der Waals surface area contributed by atoms with Gasteiger partial charge in [0.05, 0.1) is 5.69 Å². The Labute approximate surface area is 126 Å². The summed E-state index contributed by atoms with van der Waals surface area (Å²) in [6, 6.07) is 7.39. The van der Waals surface area contributed by atoms with Crippen molar-refractivity contribution in [3.8, 4) is 0 Å². The molecule has 1 N–H and O–H groups in total. The fourth-order valence-corrected chi connectivity index (χ4v) is 3.17. The summed E-state index contributed by atoms with van der Waals surface area (Å²) >= 11 is 1.88. The topological polar surface area (TPSA) is 29.9 Å². The first-order valence-corrected chi connectivity index (χ1v) is 8.25. The number of thiophene rings is 1. The highest BCUT2D eigenvalue weighted by molar-refractivity contribution is 7.12. The average molecular weight is 291 g/mol. The van der Waals surface area contributed by atoms with Gasteiger partial charge in [-0.2, -0.15) is 5.10 Å². The number of hydrogen-bond donors (Lipinski definition) is 1. The molecule has 3 nitrogen and oxygen atoms in total. The third-order valence-corrected chi connectivity index (χ3v) is 4.47. The third-order valence-electron chi connectivity index (χ3n) is 3.35. The van der Waals surface area contributed by atoms with Gasteiger partial charge in [0.25, 0.3) is 0 Å². The van der Waals surface area contributed by atoms with E-state index in [-0.39, 0.29) is 0 Å². The molecule has 0 aliphatic carbocycles. The molecule has 1 atom stereocenters. The van der Waals surface area contributed by atoms with Crippen molar-refractivity contribution < 1.29 is 0 Å². The summed E-state index contributed by atoms with van der Waals surface area (Å²) in [5, 5.41) is 8.32. The van der Waals surface area contributed by atoms with Gasteiger partial charge in [0.15, 0.2) is 0 Å². The lowest BCUT2D eigenvalue weighted by atomic mass is 10.1. The number of nitrogens with zero attached hydrogens (tertiary/aromatic N) is 2. The minimum atomic E-state index is 0.379. The van der Waals surface area contributed by atoms with Gasteiger partial charge in [-0.25, -0.2) is 0 Å². The molecule has 0 amide bonds. The zero-order valence-electron chi connectivity index (χ0n) is 12.9. The highest BCUT2D eigenvalue weighted by Gasteiger charge is 2.15. The first-order chi connectivity index (χ1) is 9.60. The molecule has 0 spiro atoms. The minimum absolute atomic E-state index is 0.379. The van der Waals surface area contributed by atoms with Gasteiger partial charge in [-0.05, 0) is 51.9 Å². The molecule has 0 aliphatic heterocycles. The molecule has 2 rings (SSSR count). The molecule has 0 saturated heterocycles. The second kappa shape index (κ2) is 7.04. The van der Waals surface area contributed by atoms with Gasteiger partial charge in [-0.3, -0.25) is 4.68 Å². The van der Waals surface area contributed by atoms with Gasteiger partial charge < -0.3 is 5.32 Å². The number of aromatic nitrogens is 2. The van der Waals surface area contributed by atoms with Crippen molar-refractivity contribution in [1.82, 2.24) is 15.1 Å². The summed E-state index contributed by atoms with van der Waals surface area (Å²) in [7, 11) is 0. The van der Waals surface area contributed by atoms with Gasteiger partial charge in [-0.15, -0.1) is 11.3 Å². The SMILES string of the molecule is CCCNC(Cc1ccn(C(C)C)n1)c1ccc(C)s1. The Kier molecular flexibility index (Phi) is 5.38. The quantitative estimate of drug-likeness (QED) is 0.831. The van der Waals surface area contributed by atoms with Crippen LogP contribution in [0.15, 0.2) is 24.4 Å². The van der Waals surface area contributed by atoms with Crippen molar-refractivity contribution in [1.29, 1.82) is 0 Å². The van der Waals surface area contributed by atoms with Crippen molar-refractivity contribution in [2.24, 2.45) is 0 Å². The van der Waals surface area contributed by atoms with E-state index in [1.165, 1.54) is 15.4 Å². The number of rotatable bonds is 7. The summed E-state index contributed by atoms with van der Waals surface area (Å²) in [5.41, 5.74) is 1.17. The van der Waals surface area contributed by atoms with Crippen LogP contribution in [-0.4, -0.2) is 16.3 Å². The van der Waals surface area contributed by atoms with Gasteiger partial charge in [0.2, 0.25) is 0 Å². The Morgan fingerprint density at radius 2 is 2.10 bits per heavy atom. The van der Waals surface area contributed by atoms with E-state index in [1.54, 1.807) is 0 Å². The molecule has 0 saturated carbocycles. The Bertz CT molecular complexity index is 527. The monoisotopic (exact) mass is 291 g/mol. The van der Waals surface area contributed by atoms with Gasteiger partial charge in [0.1, 0.15) is 0 Å². The molecule has 2 heterocycles. The van der Waals surface area contributed by atoms with Crippen LogP contribution in [0.25, 0.3) is 0 Å². The maximum absolute atomic E-state index is 4.67. The molecule has 2 aromatic heterocycles. The molecular formula is C16H25N3S. The largest absolute Gasteiger partial charge is 0.309 e. The molecule has 4 heteroatoms. The van der Waals surface area contributed by atoms with E-state index in [9.17, 15) is 0 Å². The zero-order chi connectivity index (χ0) is 14.5. The molecule has 2 aromatic rings. The summed E-state index contributed by atoms with van der Waals surface area (Å²) in [5.74, 6) is 0. The van der Waals surface area contributed by atoms with Crippen LogP contribution in [-0.2, 0) is 6.42 Å². The fourth-order valence-electron chi connectivity index (χ4n) is 2.22. The molecule has 0 fully saturated rings. The van der Waals surface area contributed by atoms with E-state index in [2.05, 4.69) is 62.5 Å². The highest BCUT2D eigenvalue weighted by atomic mass is 32.1. The Hall–Kier alpha value is -1.13. The first kappa shape index (κ1) is 15.3. The molecule has 110 valence electrons. The smallest absolute Gasteiger partial charge is 0.0644 e. The lowest BCUT2D eigenvalue weighted by Gasteiger charge is -2.16. The third kappa shape index (κ3) is 3.93. The van der Waals surface area contributed by atoms with Crippen molar-refractivity contribution in [3.63, 3.8) is 0 Å². The fraction of sp³-hybridized carbons (Fsp3) is 0.562. The molecule has 0 aromatic carbocycles. The lowest BCUT2D eigenvalue weighted by Crippen LogP contribution is -2.23. The molecular weight excluding hydrogens is 266 g/mol. The van der Waals surface area contributed by atoms with Crippen LogP contribution in [0, 0.1) is 6.92 Å². The predicted octanol–water partition coefficient (Wildman–Crippen LogP) is 4.12. The summed E-state index contributed by atoms with van der Waals surface area (Å²) < 4.78 is 2.03. The zero-order valence-corrected chi connectivity index (χ0v) is 13.7. The van der Waals surface area contributed by atoms with E-state index in [1.807, 2.05) is 16.0 Å². The summed E-state index contributed by atoms with van der Waals surface area (Å²) in [6.45, 7) is 9.74. The van der Waals surface area contributed by atoms with Crippen LogP contribution < -0.4 is 5.32 Å². The molecule has 0 aliphatic rings. The maximum Gasteiger partial charge on any atom is 0.0644 e. The average Bonchev–Trinajstić information content (AvgIpc) is 3.03. The second-order valence-electron chi connectivity index (χ2n) is 5.54. The van der Waals surface area contributed by atoms with E-state index >= 15 is 0 Å². The van der Waals surface area contributed by atoms with Crippen molar-refractivity contribution in [2.45, 2.75) is 52.6 Å². The number of aryl methyl sites for hydroxylation is 1. The first-order valence-electron chi connectivity index (χ1n) is 7.44. The number of hydrogen-bond acceptors (Lipinski definition) is 3. The normalized spacial score (nSPS) is 13.1. The minimum Gasteiger partial charge on any atom is -0.309 e. The van der Waals surface area contributed by atoms with Gasteiger partial charge in [0, 0.05) is 34.5 Å². The summed E-state index contributed by atoms with van der Waals surface area (Å²) in [6.07, 6.45) is 4.19. The van der Waals surface area contributed by atoms with Crippen molar-refractivity contribution in [3.05, 3.63) is 39.8 Å². The van der Waals surface area contributed by atoms with Crippen LogP contribution in [0.2, 0.25) is 0 Å². The lowest BCUT2D eigenvalue weighted by molar-refractivity contribution is 0.503. The predicted molar refractivity (Wildman–Crippen MR) is 86.4 cm³/mol. The van der Waals surface area contributed by atoms with Crippen LogP contribution >= 0.6 is 11.3 Å². The second-order valence-corrected chi connectivity index (χ2v) is 6.86. The van der Waals surface area contributed by atoms with Gasteiger partial charge >= 0.3 is 0 Å². The van der Waals surface area contributed by atoms with E-state index in [0.717, 1.165) is 19.4 Å². The van der Waals surface area contributed by atoms with Crippen molar-refractivity contribution in [2.75, 3.05) is 6.54 Å².